The summed E-state index contributed by atoms with van der Waals surface area (Å²) in [5.74, 6) is 0.485. The number of hydrogen-bond donors (Lipinski definition) is 0. The lowest BCUT2D eigenvalue weighted by Gasteiger charge is -2.24. The van der Waals surface area contributed by atoms with Crippen LogP contribution in [-0.2, 0) is 0 Å². The molecule has 0 radical (unpaired) electrons. The average molecular weight is 153 g/mol. The van der Waals surface area contributed by atoms with E-state index in [-0.39, 0.29) is 6.04 Å². The molecule has 0 heterocycles. The molecule has 1 rings (SSSR count). The van der Waals surface area contributed by atoms with Gasteiger partial charge in [0.05, 0.1) is 6.04 Å². The van der Waals surface area contributed by atoms with E-state index in [1.807, 2.05) is 6.08 Å². The maximum atomic E-state index is 10.4. The molecule has 2 heteroatoms. The van der Waals surface area contributed by atoms with Crippen LogP contribution in [0.2, 0.25) is 0 Å². The maximum absolute atomic E-state index is 10.4. The highest BCUT2D eigenvalue weighted by molar-refractivity contribution is 4.85. The van der Waals surface area contributed by atoms with Crippen LogP contribution < -0.4 is 0 Å². The van der Waals surface area contributed by atoms with Crippen LogP contribution in [0.1, 0.15) is 32.1 Å². The third-order valence-corrected chi connectivity index (χ3v) is 2.47. The minimum atomic E-state index is 0.0711. The molecular formula is C9H15NO. The van der Waals surface area contributed by atoms with Gasteiger partial charge in [-0.05, 0) is 25.2 Å². The predicted molar refractivity (Wildman–Crippen MR) is 46.4 cm³/mol. The van der Waals surface area contributed by atoms with Crippen molar-refractivity contribution in [3.63, 3.8) is 0 Å². The van der Waals surface area contributed by atoms with Crippen molar-refractivity contribution in [2.45, 2.75) is 38.1 Å². The van der Waals surface area contributed by atoms with Crippen LogP contribution in [0, 0.1) is 10.8 Å². The molecule has 2 unspecified atom stereocenters. The van der Waals surface area contributed by atoms with E-state index in [0.717, 1.165) is 19.3 Å². The molecule has 2 atom stereocenters. The van der Waals surface area contributed by atoms with Gasteiger partial charge >= 0.3 is 0 Å². The van der Waals surface area contributed by atoms with Crippen molar-refractivity contribution in [2.75, 3.05) is 0 Å². The second-order valence-electron chi connectivity index (χ2n) is 3.24. The molecule has 1 saturated carbocycles. The van der Waals surface area contributed by atoms with Crippen LogP contribution >= 0.6 is 0 Å². The molecule has 1 fully saturated rings. The van der Waals surface area contributed by atoms with Gasteiger partial charge < -0.3 is 0 Å². The van der Waals surface area contributed by atoms with Gasteiger partial charge in [0.1, 0.15) is 0 Å². The van der Waals surface area contributed by atoms with Gasteiger partial charge in [-0.3, -0.25) is 0 Å². The SMILES string of the molecule is C=CCC1CCCCC1N=O. The van der Waals surface area contributed by atoms with Crippen LogP contribution in [-0.4, -0.2) is 6.04 Å². The Bertz CT molecular complexity index is 144. The lowest BCUT2D eigenvalue weighted by molar-refractivity contribution is 0.310. The molecule has 1 aliphatic rings. The minimum absolute atomic E-state index is 0.0711. The average Bonchev–Trinajstić information content (AvgIpc) is 2.06. The molecule has 0 N–H and O–H groups in total. The van der Waals surface area contributed by atoms with Gasteiger partial charge in [0, 0.05) is 0 Å². The topological polar surface area (TPSA) is 29.4 Å². The fourth-order valence-corrected chi connectivity index (χ4v) is 1.82. The summed E-state index contributed by atoms with van der Waals surface area (Å²) in [6, 6.07) is 0.0711. The van der Waals surface area contributed by atoms with Crippen molar-refractivity contribution in [3.05, 3.63) is 17.6 Å². The molecule has 1 aliphatic carbocycles. The molecule has 2 nitrogen and oxygen atoms in total. The fraction of sp³-hybridized carbons (Fsp3) is 0.778. The Balaban J connectivity index is 2.43. The Kier molecular flexibility index (Phi) is 3.27. The highest BCUT2D eigenvalue weighted by Gasteiger charge is 2.24. The number of hydrogen-bond acceptors (Lipinski definition) is 2. The second-order valence-corrected chi connectivity index (χ2v) is 3.24. The summed E-state index contributed by atoms with van der Waals surface area (Å²) < 4.78 is 0. The molecule has 11 heavy (non-hydrogen) atoms. The van der Waals surface area contributed by atoms with Crippen molar-refractivity contribution in [3.8, 4) is 0 Å². The van der Waals surface area contributed by atoms with E-state index in [9.17, 15) is 4.91 Å². The quantitative estimate of drug-likeness (QED) is 0.453. The summed E-state index contributed by atoms with van der Waals surface area (Å²) in [5, 5.41) is 3.15. The molecule has 0 aromatic carbocycles. The summed E-state index contributed by atoms with van der Waals surface area (Å²) in [4.78, 5) is 10.4. The van der Waals surface area contributed by atoms with Crippen molar-refractivity contribution < 1.29 is 0 Å². The first kappa shape index (κ1) is 8.44. The monoisotopic (exact) mass is 153 g/mol. The highest BCUT2D eigenvalue weighted by atomic mass is 16.3. The van der Waals surface area contributed by atoms with Crippen LogP contribution in [0.25, 0.3) is 0 Å². The first-order chi connectivity index (χ1) is 5.38. The van der Waals surface area contributed by atoms with Gasteiger partial charge in [-0.1, -0.05) is 24.1 Å². The molecular weight excluding hydrogens is 138 g/mol. The van der Waals surface area contributed by atoms with E-state index in [0.29, 0.717) is 5.92 Å². The number of rotatable bonds is 3. The zero-order chi connectivity index (χ0) is 8.10. The molecule has 0 aromatic heterocycles. The highest BCUT2D eigenvalue weighted by Crippen LogP contribution is 2.29. The minimum Gasteiger partial charge on any atom is -0.151 e. The molecule has 0 spiro atoms. The summed E-state index contributed by atoms with van der Waals surface area (Å²) in [6.45, 7) is 3.68. The van der Waals surface area contributed by atoms with Gasteiger partial charge in [0.15, 0.2) is 0 Å². The van der Waals surface area contributed by atoms with Gasteiger partial charge in [-0.25, -0.2) is 0 Å². The van der Waals surface area contributed by atoms with Crippen molar-refractivity contribution in [2.24, 2.45) is 11.1 Å². The van der Waals surface area contributed by atoms with Gasteiger partial charge in [0.2, 0.25) is 0 Å². The van der Waals surface area contributed by atoms with E-state index in [4.69, 9.17) is 0 Å². The first-order valence-corrected chi connectivity index (χ1v) is 4.32. The molecule has 0 amide bonds. The Morgan fingerprint density at radius 2 is 2.18 bits per heavy atom. The Hall–Kier alpha value is -0.660. The van der Waals surface area contributed by atoms with E-state index in [1.54, 1.807) is 0 Å². The number of allylic oxidation sites excluding steroid dienone is 1. The largest absolute Gasteiger partial charge is 0.151 e. The molecule has 62 valence electrons. The zero-order valence-electron chi connectivity index (χ0n) is 6.83. The molecule has 0 bridgehead atoms. The summed E-state index contributed by atoms with van der Waals surface area (Å²) in [7, 11) is 0. The Morgan fingerprint density at radius 3 is 2.82 bits per heavy atom. The smallest absolute Gasteiger partial charge is 0.0950 e. The Labute approximate surface area is 67.7 Å². The third-order valence-electron chi connectivity index (χ3n) is 2.47. The lowest BCUT2D eigenvalue weighted by Crippen LogP contribution is -2.21. The summed E-state index contributed by atoms with van der Waals surface area (Å²) in [5.41, 5.74) is 0. The van der Waals surface area contributed by atoms with Crippen LogP contribution in [0.5, 0.6) is 0 Å². The van der Waals surface area contributed by atoms with Crippen molar-refractivity contribution in [1.29, 1.82) is 0 Å². The molecule has 0 aromatic rings. The van der Waals surface area contributed by atoms with Crippen molar-refractivity contribution >= 4 is 0 Å². The number of nitroso groups, excluding NO2 is 1. The van der Waals surface area contributed by atoms with Crippen LogP contribution in [0.4, 0.5) is 0 Å². The van der Waals surface area contributed by atoms with E-state index in [2.05, 4.69) is 11.8 Å². The first-order valence-electron chi connectivity index (χ1n) is 4.32. The second kappa shape index (κ2) is 4.27. The maximum Gasteiger partial charge on any atom is 0.0950 e. The van der Waals surface area contributed by atoms with E-state index >= 15 is 0 Å². The van der Waals surface area contributed by atoms with Gasteiger partial charge in [-0.15, -0.1) is 6.58 Å². The van der Waals surface area contributed by atoms with Gasteiger partial charge in [-0.2, -0.15) is 4.91 Å². The van der Waals surface area contributed by atoms with E-state index < -0.39 is 0 Å². The third kappa shape index (κ3) is 2.14. The lowest BCUT2D eigenvalue weighted by atomic mass is 9.83. The van der Waals surface area contributed by atoms with Crippen LogP contribution in [0.15, 0.2) is 17.8 Å². The fourth-order valence-electron chi connectivity index (χ4n) is 1.82. The summed E-state index contributed by atoms with van der Waals surface area (Å²) in [6.07, 6.45) is 7.42. The van der Waals surface area contributed by atoms with E-state index in [1.165, 1.54) is 12.8 Å². The predicted octanol–water partition coefficient (Wildman–Crippen LogP) is 2.89. The molecule has 0 aliphatic heterocycles. The summed E-state index contributed by atoms with van der Waals surface area (Å²) >= 11 is 0. The zero-order valence-corrected chi connectivity index (χ0v) is 6.83. The standard InChI is InChI=1S/C9H15NO/c1-2-5-8-6-3-4-7-9(8)10-11/h2,8-9H,1,3-7H2. The molecule has 0 saturated heterocycles. The van der Waals surface area contributed by atoms with Gasteiger partial charge in [0.25, 0.3) is 0 Å². The van der Waals surface area contributed by atoms with Crippen LogP contribution in [0.3, 0.4) is 0 Å². The normalized spacial score (nSPS) is 31.3. The Morgan fingerprint density at radius 1 is 1.45 bits per heavy atom. The van der Waals surface area contributed by atoms with Crippen molar-refractivity contribution in [1.82, 2.24) is 0 Å². The number of nitrogens with zero attached hydrogens (tertiary/aromatic N) is 1.